The Hall–Kier alpha value is -0.830. The molecule has 3 heteroatoms. The number of nitrogens with one attached hydrogen (secondary N) is 1. The van der Waals surface area contributed by atoms with Gasteiger partial charge in [-0.3, -0.25) is 4.79 Å². The van der Waals surface area contributed by atoms with E-state index in [9.17, 15) is 4.79 Å². The van der Waals surface area contributed by atoms with Gasteiger partial charge >= 0.3 is 0 Å². The predicted octanol–water partition coefficient (Wildman–Crippen LogP) is 1.16. The average Bonchev–Trinajstić information content (AvgIpc) is 2.65. The molecule has 0 bridgehead atoms. The minimum Gasteiger partial charge on any atom is -0.338 e. The van der Waals surface area contributed by atoms with E-state index >= 15 is 0 Å². The van der Waals surface area contributed by atoms with Gasteiger partial charge in [0, 0.05) is 19.1 Å². The lowest BCUT2D eigenvalue weighted by Gasteiger charge is -2.29. The van der Waals surface area contributed by atoms with Crippen molar-refractivity contribution in [1.82, 2.24) is 10.2 Å². The summed E-state index contributed by atoms with van der Waals surface area (Å²) < 4.78 is 0. The average molecular weight is 208 g/mol. The van der Waals surface area contributed by atoms with Crippen molar-refractivity contribution in [2.75, 3.05) is 19.6 Å². The van der Waals surface area contributed by atoms with Gasteiger partial charge in [-0.25, -0.2) is 0 Å². The van der Waals surface area contributed by atoms with Crippen LogP contribution in [0.4, 0.5) is 0 Å². The monoisotopic (exact) mass is 208 g/mol. The van der Waals surface area contributed by atoms with Crippen molar-refractivity contribution >= 4 is 5.91 Å². The maximum Gasteiger partial charge on any atom is 0.227 e. The minimum atomic E-state index is 0.205. The number of carbonyl (C=O) groups excluding carboxylic acids is 1. The van der Waals surface area contributed by atoms with Crippen LogP contribution >= 0.6 is 0 Å². The zero-order valence-corrected chi connectivity index (χ0v) is 9.62. The fraction of sp³-hybridized carbons (Fsp3) is 0.750. The van der Waals surface area contributed by atoms with Crippen LogP contribution in [0.25, 0.3) is 0 Å². The lowest BCUT2D eigenvalue weighted by Crippen LogP contribution is -2.42. The van der Waals surface area contributed by atoms with Crippen LogP contribution in [-0.4, -0.2) is 36.5 Å². The van der Waals surface area contributed by atoms with Gasteiger partial charge in [-0.1, -0.05) is 11.6 Å². The highest BCUT2D eigenvalue weighted by molar-refractivity contribution is 5.80. The third kappa shape index (κ3) is 2.23. The maximum atomic E-state index is 12.2. The summed E-state index contributed by atoms with van der Waals surface area (Å²) in [4.78, 5) is 14.2. The molecule has 2 heterocycles. The molecule has 2 aliphatic heterocycles. The van der Waals surface area contributed by atoms with E-state index < -0.39 is 0 Å². The molecular weight excluding hydrogens is 188 g/mol. The molecule has 1 fully saturated rings. The Balaban J connectivity index is 1.96. The molecule has 2 unspecified atom stereocenters. The van der Waals surface area contributed by atoms with Crippen LogP contribution < -0.4 is 5.32 Å². The third-order valence-electron chi connectivity index (χ3n) is 3.59. The van der Waals surface area contributed by atoms with Crippen molar-refractivity contribution in [2.45, 2.75) is 32.7 Å². The molecule has 3 nitrogen and oxygen atoms in total. The second-order valence-electron chi connectivity index (χ2n) is 4.72. The Kier molecular flexibility index (Phi) is 3.10. The van der Waals surface area contributed by atoms with E-state index in [1.807, 2.05) is 4.90 Å². The second kappa shape index (κ2) is 4.35. The molecular formula is C12H20N2O. The summed E-state index contributed by atoms with van der Waals surface area (Å²) in [5.74, 6) is 0.549. The van der Waals surface area contributed by atoms with E-state index in [-0.39, 0.29) is 5.92 Å². The van der Waals surface area contributed by atoms with Crippen molar-refractivity contribution < 1.29 is 4.79 Å². The van der Waals surface area contributed by atoms with Crippen molar-refractivity contribution in [2.24, 2.45) is 5.92 Å². The van der Waals surface area contributed by atoms with Crippen LogP contribution in [0.2, 0.25) is 0 Å². The van der Waals surface area contributed by atoms with Crippen LogP contribution in [0.15, 0.2) is 11.6 Å². The smallest absolute Gasteiger partial charge is 0.227 e. The summed E-state index contributed by atoms with van der Waals surface area (Å²) in [5, 5.41) is 3.34. The van der Waals surface area contributed by atoms with Crippen LogP contribution in [0.3, 0.4) is 0 Å². The molecule has 2 aliphatic rings. The second-order valence-corrected chi connectivity index (χ2v) is 4.72. The standard InChI is InChI=1S/C12H20N2O/c1-9-4-7-14(8-5-9)12(15)11-3-6-13-10(11)2/h4,10-11,13H,3,5-8H2,1-2H3. The highest BCUT2D eigenvalue weighted by atomic mass is 16.2. The molecule has 1 N–H and O–H groups in total. The van der Waals surface area contributed by atoms with E-state index in [4.69, 9.17) is 0 Å². The fourth-order valence-corrected chi connectivity index (χ4v) is 2.40. The van der Waals surface area contributed by atoms with Gasteiger partial charge in [-0.15, -0.1) is 0 Å². The molecule has 15 heavy (non-hydrogen) atoms. The Bertz CT molecular complexity index is 285. The van der Waals surface area contributed by atoms with Gasteiger partial charge < -0.3 is 10.2 Å². The summed E-state index contributed by atoms with van der Waals surface area (Å²) in [6, 6.07) is 0.351. The number of rotatable bonds is 1. The molecule has 0 aromatic heterocycles. The molecule has 0 aliphatic carbocycles. The summed E-state index contributed by atoms with van der Waals surface area (Å²) >= 11 is 0. The quantitative estimate of drug-likeness (QED) is 0.656. The maximum absolute atomic E-state index is 12.2. The number of hydrogen-bond donors (Lipinski definition) is 1. The molecule has 0 aromatic rings. The van der Waals surface area contributed by atoms with Crippen molar-refractivity contribution in [3.8, 4) is 0 Å². The van der Waals surface area contributed by atoms with Gasteiger partial charge in [0.05, 0.1) is 5.92 Å². The van der Waals surface area contributed by atoms with Crippen LogP contribution in [0, 0.1) is 5.92 Å². The van der Waals surface area contributed by atoms with Gasteiger partial charge in [-0.2, -0.15) is 0 Å². The third-order valence-corrected chi connectivity index (χ3v) is 3.59. The molecule has 1 amide bonds. The number of nitrogens with zero attached hydrogens (tertiary/aromatic N) is 1. The summed E-state index contributed by atoms with van der Waals surface area (Å²) in [5.41, 5.74) is 1.41. The van der Waals surface area contributed by atoms with E-state index in [2.05, 4.69) is 25.2 Å². The lowest BCUT2D eigenvalue weighted by molar-refractivity contribution is -0.135. The van der Waals surface area contributed by atoms with Gasteiger partial charge in [0.2, 0.25) is 5.91 Å². The van der Waals surface area contributed by atoms with Crippen molar-refractivity contribution in [3.63, 3.8) is 0 Å². The summed E-state index contributed by atoms with van der Waals surface area (Å²) in [6.45, 7) is 6.96. The first-order valence-electron chi connectivity index (χ1n) is 5.86. The van der Waals surface area contributed by atoms with E-state index in [0.717, 1.165) is 32.5 Å². The first kappa shape index (κ1) is 10.7. The molecule has 84 valence electrons. The molecule has 2 rings (SSSR count). The van der Waals surface area contributed by atoms with Crippen molar-refractivity contribution in [1.29, 1.82) is 0 Å². The Morgan fingerprint density at radius 3 is 2.93 bits per heavy atom. The summed E-state index contributed by atoms with van der Waals surface area (Å²) in [6.07, 6.45) is 4.22. The topological polar surface area (TPSA) is 32.3 Å². The first-order chi connectivity index (χ1) is 7.18. The van der Waals surface area contributed by atoms with Crippen LogP contribution in [0.5, 0.6) is 0 Å². The molecule has 0 spiro atoms. The van der Waals surface area contributed by atoms with Gasteiger partial charge in [0.1, 0.15) is 0 Å². The molecule has 0 radical (unpaired) electrons. The normalized spacial score (nSPS) is 31.6. The van der Waals surface area contributed by atoms with E-state index in [1.165, 1.54) is 5.57 Å². The number of hydrogen-bond acceptors (Lipinski definition) is 2. The highest BCUT2D eigenvalue weighted by Crippen LogP contribution is 2.20. The fourth-order valence-electron chi connectivity index (χ4n) is 2.40. The number of carbonyl (C=O) groups is 1. The highest BCUT2D eigenvalue weighted by Gasteiger charge is 2.32. The largest absolute Gasteiger partial charge is 0.338 e. The molecule has 1 saturated heterocycles. The number of amides is 1. The van der Waals surface area contributed by atoms with Gasteiger partial charge in [-0.05, 0) is 33.2 Å². The van der Waals surface area contributed by atoms with Crippen molar-refractivity contribution in [3.05, 3.63) is 11.6 Å². The molecule has 2 atom stereocenters. The van der Waals surface area contributed by atoms with Crippen LogP contribution in [0.1, 0.15) is 26.7 Å². The molecule has 0 saturated carbocycles. The predicted molar refractivity (Wildman–Crippen MR) is 60.5 cm³/mol. The minimum absolute atomic E-state index is 0.205. The Morgan fingerprint density at radius 2 is 2.40 bits per heavy atom. The Morgan fingerprint density at radius 1 is 1.60 bits per heavy atom. The SMILES string of the molecule is CC1=CCN(C(=O)C2CCNC2C)CC1. The van der Waals surface area contributed by atoms with E-state index in [0.29, 0.717) is 11.9 Å². The van der Waals surface area contributed by atoms with Crippen LogP contribution in [-0.2, 0) is 4.79 Å². The summed E-state index contributed by atoms with van der Waals surface area (Å²) in [7, 11) is 0. The zero-order chi connectivity index (χ0) is 10.8. The Labute approximate surface area is 91.5 Å². The first-order valence-corrected chi connectivity index (χ1v) is 5.86. The zero-order valence-electron chi connectivity index (χ0n) is 9.62. The van der Waals surface area contributed by atoms with E-state index in [1.54, 1.807) is 0 Å². The lowest BCUT2D eigenvalue weighted by atomic mass is 9.99. The molecule has 0 aromatic carbocycles. The van der Waals surface area contributed by atoms with Gasteiger partial charge in [0.25, 0.3) is 0 Å². The van der Waals surface area contributed by atoms with Gasteiger partial charge in [0.15, 0.2) is 0 Å².